The first-order chi connectivity index (χ1) is 7.53. The van der Waals surface area contributed by atoms with Crippen molar-refractivity contribution < 1.29 is 0 Å². The molecule has 1 rings (SSSR count). The Morgan fingerprint density at radius 2 is 2.12 bits per heavy atom. The summed E-state index contributed by atoms with van der Waals surface area (Å²) in [5.74, 6) is 1.31. The minimum absolute atomic E-state index is 0.435. The molecule has 1 atom stereocenters. The second kappa shape index (κ2) is 6.87. The zero-order chi connectivity index (χ0) is 12.0. The van der Waals surface area contributed by atoms with Gasteiger partial charge in [-0.1, -0.05) is 20.8 Å². The van der Waals surface area contributed by atoms with Gasteiger partial charge < -0.3 is 10.6 Å². The van der Waals surface area contributed by atoms with Gasteiger partial charge in [0.25, 0.3) is 0 Å². The van der Waals surface area contributed by atoms with Gasteiger partial charge in [-0.25, -0.2) is 0 Å². The van der Waals surface area contributed by atoms with Crippen molar-refractivity contribution >= 4 is 11.8 Å². The molecule has 96 valence electrons. The lowest BCUT2D eigenvalue weighted by Crippen LogP contribution is -2.37. The molecule has 3 heteroatoms. The van der Waals surface area contributed by atoms with Gasteiger partial charge in [-0.3, -0.25) is 0 Å². The van der Waals surface area contributed by atoms with Gasteiger partial charge in [0.1, 0.15) is 0 Å². The van der Waals surface area contributed by atoms with Gasteiger partial charge in [0, 0.05) is 24.1 Å². The van der Waals surface area contributed by atoms with Crippen LogP contribution in [0.15, 0.2) is 0 Å². The smallest absolute Gasteiger partial charge is 0.0147 e. The lowest BCUT2D eigenvalue weighted by atomic mass is 9.84. The summed E-state index contributed by atoms with van der Waals surface area (Å²) in [7, 11) is 0. The molecule has 1 unspecified atom stereocenters. The molecule has 1 fully saturated rings. The van der Waals surface area contributed by atoms with E-state index < -0.39 is 0 Å². The highest BCUT2D eigenvalue weighted by molar-refractivity contribution is 7.99. The fourth-order valence-electron chi connectivity index (χ4n) is 2.39. The average molecular weight is 244 g/mol. The molecule has 0 aromatic carbocycles. The predicted molar refractivity (Wildman–Crippen MR) is 75.0 cm³/mol. The van der Waals surface area contributed by atoms with E-state index in [1.165, 1.54) is 38.2 Å². The highest BCUT2D eigenvalue weighted by atomic mass is 32.2. The minimum atomic E-state index is 0.435. The standard InChI is InChI=1S/C13H28N2S/c1-12-11-15(9-10-16-12)8-4-5-13(2,3)6-7-14/h12H,4-11,14H2,1-3H3. The molecule has 0 bridgehead atoms. The van der Waals surface area contributed by atoms with Crippen molar-refractivity contribution in [1.82, 2.24) is 4.90 Å². The first-order valence-corrected chi connectivity index (χ1v) is 7.62. The summed E-state index contributed by atoms with van der Waals surface area (Å²) in [5, 5.41) is 0.825. The summed E-state index contributed by atoms with van der Waals surface area (Å²) < 4.78 is 0. The van der Waals surface area contributed by atoms with Crippen molar-refractivity contribution in [3.05, 3.63) is 0 Å². The van der Waals surface area contributed by atoms with Crippen LogP contribution in [-0.2, 0) is 0 Å². The largest absolute Gasteiger partial charge is 0.330 e. The van der Waals surface area contributed by atoms with E-state index in [-0.39, 0.29) is 0 Å². The summed E-state index contributed by atoms with van der Waals surface area (Å²) in [4.78, 5) is 2.62. The minimum Gasteiger partial charge on any atom is -0.330 e. The van der Waals surface area contributed by atoms with E-state index in [1.807, 2.05) is 0 Å². The lowest BCUT2D eigenvalue weighted by Gasteiger charge is -2.31. The second-order valence-corrected chi connectivity index (χ2v) is 7.33. The van der Waals surface area contributed by atoms with E-state index >= 15 is 0 Å². The Hall–Kier alpha value is 0.270. The molecular weight excluding hydrogens is 216 g/mol. The summed E-state index contributed by atoms with van der Waals surface area (Å²) in [5.41, 5.74) is 6.07. The maximum atomic E-state index is 5.63. The van der Waals surface area contributed by atoms with Crippen molar-refractivity contribution in [2.24, 2.45) is 11.1 Å². The molecule has 0 aromatic heterocycles. The Kier molecular flexibility index (Phi) is 6.16. The Labute approximate surface area is 105 Å². The summed E-state index contributed by atoms with van der Waals surface area (Å²) in [6.45, 7) is 11.7. The van der Waals surface area contributed by atoms with E-state index in [1.54, 1.807) is 0 Å². The highest BCUT2D eigenvalue weighted by Gasteiger charge is 2.19. The number of thioether (sulfide) groups is 1. The molecule has 0 aromatic rings. The predicted octanol–water partition coefficient (Wildman–Crippen LogP) is 2.58. The Morgan fingerprint density at radius 1 is 1.38 bits per heavy atom. The third-order valence-corrected chi connectivity index (χ3v) is 4.61. The van der Waals surface area contributed by atoms with Crippen molar-refractivity contribution in [2.75, 3.05) is 31.9 Å². The summed E-state index contributed by atoms with van der Waals surface area (Å²) >= 11 is 2.11. The zero-order valence-electron chi connectivity index (χ0n) is 11.2. The summed E-state index contributed by atoms with van der Waals surface area (Å²) in [6.07, 6.45) is 3.78. The van der Waals surface area contributed by atoms with E-state index in [2.05, 4.69) is 37.4 Å². The van der Waals surface area contributed by atoms with Gasteiger partial charge in [-0.2, -0.15) is 11.8 Å². The number of rotatable bonds is 6. The van der Waals surface area contributed by atoms with Crippen LogP contribution in [0.2, 0.25) is 0 Å². The van der Waals surface area contributed by atoms with Gasteiger partial charge in [0.05, 0.1) is 0 Å². The number of hydrogen-bond donors (Lipinski definition) is 1. The number of nitrogens with two attached hydrogens (primary N) is 1. The van der Waals surface area contributed by atoms with Crippen LogP contribution >= 0.6 is 11.8 Å². The maximum Gasteiger partial charge on any atom is 0.0147 e. The topological polar surface area (TPSA) is 29.3 Å². The Morgan fingerprint density at radius 3 is 2.75 bits per heavy atom. The average Bonchev–Trinajstić information content (AvgIpc) is 2.17. The molecule has 0 radical (unpaired) electrons. The molecule has 1 heterocycles. The van der Waals surface area contributed by atoms with E-state index in [0.717, 1.165) is 18.2 Å². The van der Waals surface area contributed by atoms with Crippen molar-refractivity contribution in [2.45, 2.75) is 45.3 Å². The van der Waals surface area contributed by atoms with Crippen molar-refractivity contribution in [3.8, 4) is 0 Å². The highest BCUT2D eigenvalue weighted by Crippen LogP contribution is 2.26. The molecule has 0 amide bonds. The van der Waals surface area contributed by atoms with E-state index in [0.29, 0.717) is 5.41 Å². The number of hydrogen-bond acceptors (Lipinski definition) is 3. The molecule has 2 N–H and O–H groups in total. The fourth-order valence-corrected chi connectivity index (χ4v) is 3.47. The molecule has 1 aliphatic rings. The molecule has 0 aliphatic carbocycles. The molecule has 1 aliphatic heterocycles. The van der Waals surface area contributed by atoms with Gasteiger partial charge in [-0.05, 0) is 37.8 Å². The maximum absolute atomic E-state index is 5.63. The normalized spacial score (nSPS) is 23.6. The fraction of sp³-hybridized carbons (Fsp3) is 1.00. The molecule has 1 saturated heterocycles. The monoisotopic (exact) mass is 244 g/mol. The van der Waals surface area contributed by atoms with Crippen LogP contribution in [-0.4, -0.2) is 42.1 Å². The SMILES string of the molecule is CC1CN(CCCC(C)(C)CCN)CCS1. The van der Waals surface area contributed by atoms with E-state index in [9.17, 15) is 0 Å². The lowest BCUT2D eigenvalue weighted by molar-refractivity contribution is 0.241. The van der Waals surface area contributed by atoms with Crippen LogP contribution in [0.5, 0.6) is 0 Å². The van der Waals surface area contributed by atoms with Gasteiger partial charge in [0.2, 0.25) is 0 Å². The van der Waals surface area contributed by atoms with Crippen LogP contribution < -0.4 is 5.73 Å². The Balaban J connectivity index is 2.14. The first-order valence-electron chi connectivity index (χ1n) is 6.57. The first kappa shape index (κ1) is 14.3. The van der Waals surface area contributed by atoms with Crippen LogP contribution in [0.3, 0.4) is 0 Å². The quantitative estimate of drug-likeness (QED) is 0.779. The van der Waals surface area contributed by atoms with Crippen molar-refractivity contribution in [1.29, 1.82) is 0 Å². The van der Waals surface area contributed by atoms with Crippen molar-refractivity contribution in [3.63, 3.8) is 0 Å². The van der Waals surface area contributed by atoms with Crippen LogP contribution in [0.4, 0.5) is 0 Å². The van der Waals surface area contributed by atoms with Gasteiger partial charge in [0.15, 0.2) is 0 Å². The zero-order valence-corrected chi connectivity index (χ0v) is 12.0. The molecule has 0 spiro atoms. The van der Waals surface area contributed by atoms with E-state index in [4.69, 9.17) is 5.73 Å². The molecular formula is C13H28N2S. The Bertz CT molecular complexity index is 194. The van der Waals surface area contributed by atoms with Gasteiger partial charge >= 0.3 is 0 Å². The molecule has 16 heavy (non-hydrogen) atoms. The van der Waals surface area contributed by atoms with Crippen LogP contribution in [0.25, 0.3) is 0 Å². The third kappa shape index (κ3) is 5.55. The second-order valence-electron chi connectivity index (χ2n) is 5.79. The third-order valence-electron chi connectivity index (χ3n) is 3.47. The summed E-state index contributed by atoms with van der Waals surface area (Å²) in [6, 6.07) is 0. The number of nitrogens with zero attached hydrogens (tertiary/aromatic N) is 1. The van der Waals surface area contributed by atoms with Crippen LogP contribution in [0.1, 0.15) is 40.0 Å². The molecule has 2 nitrogen and oxygen atoms in total. The molecule has 0 saturated carbocycles. The van der Waals surface area contributed by atoms with Crippen LogP contribution in [0, 0.1) is 5.41 Å². The van der Waals surface area contributed by atoms with Gasteiger partial charge in [-0.15, -0.1) is 0 Å².